The van der Waals surface area contributed by atoms with Gasteiger partial charge >= 0.3 is 0 Å². The average Bonchev–Trinajstić information content (AvgIpc) is 2.75. The maximum atomic E-state index is 13.8. The van der Waals surface area contributed by atoms with E-state index in [1.807, 2.05) is 32.0 Å². The fourth-order valence-electron chi connectivity index (χ4n) is 7.46. The number of hydrogen-bond acceptors (Lipinski definition) is 4. The molecule has 7 rings (SSSR count). The summed E-state index contributed by atoms with van der Waals surface area (Å²) in [6.45, 7) is 3.86. The van der Waals surface area contributed by atoms with Gasteiger partial charge in [-0.2, -0.15) is 0 Å². The van der Waals surface area contributed by atoms with Crippen molar-refractivity contribution in [3.63, 3.8) is 0 Å². The fourth-order valence-corrected chi connectivity index (χ4v) is 7.46. The molecule has 2 spiro atoms. The molecule has 24 heavy (non-hydrogen) atoms. The lowest BCUT2D eigenvalue weighted by Crippen LogP contribution is -2.79. The Morgan fingerprint density at radius 3 is 2.58 bits per heavy atom. The molecule has 6 fully saturated rings. The summed E-state index contributed by atoms with van der Waals surface area (Å²) in [4.78, 5) is 13.8. The molecule has 4 heteroatoms. The Morgan fingerprint density at radius 1 is 1.08 bits per heavy atom. The minimum absolute atomic E-state index is 0.196. The number of carbonyl (C=O) groups is 1. The van der Waals surface area contributed by atoms with Gasteiger partial charge in [-0.05, 0) is 25.3 Å². The predicted molar refractivity (Wildman–Crippen MR) is 83.0 cm³/mol. The first-order valence-corrected chi connectivity index (χ1v) is 9.11. The molecule has 2 saturated heterocycles. The van der Waals surface area contributed by atoms with E-state index in [1.54, 1.807) is 0 Å². The van der Waals surface area contributed by atoms with E-state index < -0.39 is 11.4 Å². The lowest BCUT2D eigenvalue weighted by atomic mass is 9.47. The molecule has 8 atom stereocenters. The Kier molecular flexibility index (Phi) is 1.76. The molecule has 1 aromatic carbocycles. The van der Waals surface area contributed by atoms with E-state index in [1.165, 1.54) is 0 Å². The molecule has 0 aromatic heterocycles. The summed E-state index contributed by atoms with van der Waals surface area (Å²) in [6.07, 6.45) is 1.59. The van der Waals surface area contributed by atoms with Gasteiger partial charge in [0.25, 0.3) is 0 Å². The number of hydrogen-bond donors (Lipinski definition) is 0. The Bertz CT molecular complexity index is 818. The van der Waals surface area contributed by atoms with Gasteiger partial charge in [0.2, 0.25) is 0 Å². The first-order chi connectivity index (χ1) is 11.5. The van der Waals surface area contributed by atoms with Gasteiger partial charge in [-0.1, -0.05) is 30.3 Å². The average molecular weight is 324 g/mol. The van der Waals surface area contributed by atoms with Crippen LogP contribution in [0.25, 0.3) is 0 Å². The summed E-state index contributed by atoms with van der Waals surface area (Å²) in [5, 5.41) is 0. The minimum atomic E-state index is -0.838. The monoisotopic (exact) mass is 324 g/mol. The highest BCUT2D eigenvalue weighted by molar-refractivity contribution is 6.03. The van der Waals surface area contributed by atoms with E-state index in [-0.39, 0.29) is 22.9 Å². The lowest BCUT2D eigenvalue weighted by molar-refractivity contribution is -0.352. The van der Waals surface area contributed by atoms with Crippen molar-refractivity contribution in [1.82, 2.24) is 0 Å². The molecule has 0 amide bonds. The number of rotatable bonds is 2. The highest BCUT2D eigenvalue weighted by Crippen LogP contribution is 3.00. The van der Waals surface area contributed by atoms with Gasteiger partial charge in [0.1, 0.15) is 6.10 Å². The van der Waals surface area contributed by atoms with Crippen molar-refractivity contribution in [2.24, 2.45) is 23.2 Å². The van der Waals surface area contributed by atoms with Crippen molar-refractivity contribution in [3.8, 4) is 0 Å². The molecular formula is C20H20O4. The summed E-state index contributed by atoms with van der Waals surface area (Å²) in [6, 6.07) is 10.2. The Labute approximate surface area is 140 Å². The summed E-state index contributed by atoms with van der Waals surface area (Å²) < 4.78 is 18.9. The fraction of sp³-hybridized carbons (Fsp3) is 0.650. The van der Waals surface area contributed by atoms with Crippen LogP contribution in [0.2, 0.25) is 0 Å². The van der Waals surface area contributed by atoms with Crippen LogP contribution >= 0.6 is 0 Å². The number of ether oxygens (including phenoxy) is 3. The van der Waals surface area contributed by atoms with Crippen molar-refractivity contribution in [2.75, 3.05) is 0 Å². The zero-order chi connectivity index (χ0) is 16.1. The smallest absolute Gasteiger partial charge is 0.177 e. The summed E-state index contributed by atoms with van der Waals surface area (Å²) >= 11 is 0. The van der Waals surface area contributed by atoms with Gasteiger partial charge < -0.3 is 14.2 Å². The third-order valence-corrected chi connectivity index (χ3v) is 7.94. The summed E-state index contributed by atoms with van der Waals surface area (Å²) in [7, 11) is 0. The van der Waals surface area contributed by atoms with Crippen LogP contribution in [-0.4, -0.2) is 35.0 Å². The van der Waals surface area contributed by atoms with Crippen LogP contribution in [0.1, 0.15) is 25.8 Å². The van der Waals surface area contributed by atoms with Crippen LogP contribution in [0.3, 0.4) is 0 Å². The van der Waals surface area contributed by atoms with Gasteiger partial charge in [-0.25, -0.2) is 0 Å². The van der Waals surface area contributed by atoms with Crippen molar-refractivity contribution < 1.29 is 19.0 Å². The maximum Gasteiger partial charge on any atom is 0.177 e. The van der Waals surface area contributed by atoms with Crippen LogP contribution < -0.4 is 0 Å². The summed E-state index contributed by atoms with van der Waals surface area (Å²) in [5.74, 6) is 1.27. The zero-order valence-corrected chi connectivity index (χ0v) is 13.8. The second-order valence-corrected chi connectivity index (χ2v) is 9.11. The van der Waals surface area contributed by atoms with Gasteiger partial charge in [0.15, 0.2) is 17.2 Å². The van der Waals surface area contributed by atoms with Crippen molar-refractivity contribution in [2.45, 2.75) is 55.9 Å². The van der Waals surface area contributed by atoms with E-state index in [9.17, 15) is 4.79 Å². The Morgan fingerprint density at radius 2 is 1.88 bits per heavy atom. The Balaban J connectivity index is 1.37. The molecule has 1 aromatic rings. The highest BCUT2D eigenvalue weighted by atomic mass is 16.8. The molecule has 2 heterocycles. The molecule has 4 saturated carbocycles. The Hall–Kier alpha value is -1.23. The molecule has 0 N–H and O–H groups in total. The van der Waals surface area contributed by atoms with Crippen molar-refractivity contribution in [1.29, 1.82) is 0 Å². The topological polar surface area (TPSA) is 44.8 Å². The van der Waals surface area contributed by atoms with E-state index in [4.69, 9.17) is 14.2 Å². The van der Waals surface area contributed by atoms with Gasteiger partial charge in [-0.3, -0.25) is 4.79 Å². The van der Waals surface area contributed by atoms with Crippen LogP contribution in [0.15, 0.2) is 30.3 Å². The van der Waals surface area contributed by atoms with Crippen LogP contribution in [0, 0.1) is 23.2 Å². The molecule has 124 valence electrons. The SMILES string of the molecule is CC1(C)O[C@H]2C[C@@]34O[C@@H]5[C@H]6[C@@H]([C@@H]53)[C@]64C(=O)[C@@]2(Cc2ccccc2)O1. The second kappa shape index (κ2) is 3.25. The molecule has 0 unspecified atom stereocenters. The number of fused-ring (bicyclic) bond motifs is 2. The molecular weight excluding hydrogens is 304 g/mol. The number of ketones is 1. The van der Waals surface area contributed by atoms with Crippen molar-refractivity contribution in [3.05, 3.63) is 35.9 Å². The highest BCUT2D eigenvalue weighted by Gasteiger charge is 3.09. The third-order valence-electron chi connectivity index (χ3n) is 7.94. The summed E-state index contributed by atoms with van der Waals surface area (Å²) in [5.41, 5.74) is -0.119. The van der Waals surface area contributed by atoms with E-state index in [2.05, 4.69) is 12.1 Å². The predicted octanol–water partition coefficient (Wildman–Crippen LogP) is 2.11. The quantitative estimate of drug-likeness (QED) is 0.836. The molecule has 0 radical (unpaired) electrons. The zero-order valence-electron chi connectivity index (χ0n) is 13.8. The third kappa shape index (κ3) is 0.964. The van der Waals surface area contributed by atoms with Crippen LogP contribution in [-0.2, 0) is 25.4 Å². The van der Waals surface area contributed by atoms with Gasteiger partial charge in [0.05, 0.1) is 17.1 Å². The normalized spacial score (nSPS) is 59.2. The van der Waals surface area contributed by atoms with E-state index >= 15 is 0 Å². The van der Waals surface area contributed by atoms with Crippen LogP contribution in [0.4, 0.5) is 0 Å². The second-order valence-electron chi connectivity index (χ2n) is 9.11. The van der Waals surface area contributed by atoms with E-state index in [0.29, 0.717) is 30.3 Å². The first-order valence-electron chi connectivity index (χ1n) is 9.11. The molecule has 0 bridgehead atoms. The number of carbonyl (C=O) groups excluding carboxylic acids is 1. The maximum absolute atomic E-state index is 13.8. The largest absolute Gasteiger partial charge is 0.369 e. The van der Waals surface area contributed by atoms with E-state index in [0.717, 1.165) is 12.0 Å². The molecule has 2 aliphatic heterocycles. The molecule has 4 nitrogen and oxygen atoms in total. The van der Waals surface area contributed by atoms with Crippen molar-refractivity contribution >= 4 is 5.78 Å². The van der Waals surface area contributed by atoms with Gasteiger partial charge in [-0.15, -0.1) is 0 Å². The lowest BCUT2D eigenvalue weighted by Gasteiger charge is -2.68. The number of benzene rings is 1. The molecule has 4 aliphatic carbocycles. The van der Waals surface area contributed by atoms with Gasteiger partial charge in [0, 0.05) is 24.7 Å². The molecule has 6 aliphatic rings. The minimum Gasteiger partial charge on any atom is -0.369 e. The van der Waals surface area contributed by atoms with Crippen LogP contribution in [0.5, 0.6) is 0 Å². The first kappa shape index (κ1) is 13.0. The standard InChI is InChI=1S/C20H20O4/c1-17(2)22-11-9-19-13-12-14(15(13)23-19)20(12,19)16(21)18(11,24-17)8-10-6-4-3-5-7-10/h3-7,11-15H,8-9H2,1-2H3/t11-,12+,13-,14+,15-,18-,19+,20+/m0/s1. The number of Topliss-reactive ketones (excluding diaryl/α,β-unsaturated/α-hetero) is 1.